The molecule has 6 nitrogen and oxygen atoms in total. The molecule has 2 heterocycles. The largest absolute Gasteiger partial charge is 0.385 e. The zero-order valence-corrected chi connectivity index (χ0v) is 12.2. The summed E-state index contributed by atoms with van der Waals surface area (Å²) < 4.78 is 22.7. The molecular formula is C13H19N3O3S. The number of pyridine rings is 1. The lowest BCUT2D eigenvalue weighted by Gasteiger charge is -2.11. The van der Waals surface area contributed by atoms with E-state index in [2.05, 4.69) is 22.5 Å². The second-order valence-corrected chi connectivity index (χ2v) is 7.16. The number of hydrogen-bond acceptors (Lipinski definition) is 5. The second-order valence-electron chi connectivity index (χ2n) is 4.93. The minimum absolute atomic E-state index is 0.0204. The maximum absolute atomic E-state index is 12.0. The average molecular weight is 297 g/mol. The Morgan fingerprint density at radius 3 is 2.95 bits per heavy atom. The second kappa shape index (κ2) is 6.21. The third-order valence-corrected chi connectivity index (χ3v) is 4.91. The molecule has 1 unspecified atom stereocenters. The fourth-order valence-corrected chi connectivity index (χ4v) is 3.78. The lowest BCUT2D eigenvalue weighted by Crippen LogP contribution is -2.36. The number of hydrogen-bond donors (Lipinski definition) is 2. The van der Waals surface area contributed by atoms with Crippen LogP contribution in [0.1, 0.15) is 30.3 Å². The van der Waals surface area contributed by atoms with Crippen molar-refractivity contribution in [2.45, 2.75) is 25.8 Å². The number of nitrogens with zero attached hydrogens (tertiary/aromatic N) is 1. The first-order valence-corrected chi connectivity index (χ1v) is 8.53. The number of sulfone groups is 1. The van der Waals surface area contributed by atoms with E-state index in [-0.39, 0.29) is 23.5 Å². The molecule has 2 N–H and O–H groups in total. The van der Waals surface area contributed by atoms with Gasteiger partial charge in [0.05, 0.1) is 11.5 Å². The van der Waals surface area contributed by atoms with Crippen molar-refractivity contribution in [3.63, 3.8) is 0 Å². The number of carbonyl (C=O) groups excluding carboxylic acids is 1. The van der Waals surface area contributed by atoms with Gasteiger partial charge in [-0.2, -0.15) is 0 Å². The van der Waals surface area contributed by atoms with Crippen molar-refractivity contribution < 1.29 is 13.2 Å². The van der Waals surface area contributed by atoms with E-state index in [1.165, 1.54) is 0 Å². The molecule has 1 aromatic rings. The van der Waals surface area contributed by atoms with Gasteiger partial charge in [-0.15, -0.1) is 0 Å². The summed E-state index contributed by atoms with van der Waals surface area (Å²) in [7, 11) is -2.99. The molecule has 0 bridgehead atoms. The lowest BCUT2D eigenvalue weighted by atomic mass is 10.2. The molecular weight excluding hydrogens is 278 g/mol. The summed E-state index contributed by atoms with van der Waals surface area (Å²) in [5, 5.41) is 5.91. The third-order valence-electron chi connectivity index (χ3n) is 3.14. The van der Waals surface area contributed by atoms with Crippen LogP contribution in [-0.4, -0.2) is 43.4 Å². The van der Waals surface area contributed by atoms with Gasteiger partial charge in [0.2, 0.25) is 0 Å². The Bertz CT molecular complexity index is 586. The predicted octanol–water partition coefficient (Wildman–Crippen LogP) is 0.820. The van der Waals surface area contributed by atoms with Crippen molar-refractivity contribution in [2.75, 3.05) is 23.4 Å². The standard InChI is InChI=1S/C13H19N3O3S/c1-2-5-14-10-3-6-15-12(8-10)13(17)16-11-4-7-20(18,19)9-11/h3,6,8,11H,2,4-5,7,9H2,1H3,(H,14,15)(H,16,17). The van der Waals surface area contributed by atoms with Gasteiger partial charge < -0.3 is 10.6 Å². The van der Waals surface area contributed by atoms with Crippen LogP contribution in [0.5, 0.6) is 0 Å². The molecule has 1 atom stereocenters. The highest BCUT2D eigenvalue weighted by Gasteiger charge is 2.29. The van der Waals surface area contributed by atoms with Gasteiger partial charge in [-0.25, -0.2) is 8.42 Å². The van der Waals surface area contributed by atoms with Crippen molar-refractivity contribution in [3.05, 3.63) is 24.0 Å². The van der Waals surface area contributed by atoms with Gasteiger partial charge in [0.25, 0.3) is 5.91 Å². The first kappa shape index (κ1) is 14.8. The van der Waals surface area contributed by atoms with E-state index in [1.807, 2.05) is 0 Å². The third kappa shape index (κ3) is 3.93. The molecule has 0 spiro atoms. The first-order valence-electron chi connectivity index (χ1n) is 6.71. The normalized spacial score (nSPS) is 20.6. The zero-order valence-electron chi connectivity index (χ0n) is 11.4. The maximum Gasteiger partial charge on any atom is 0.270 e. The molecule has 2 rings (SSSR count). The quantitative estimate of drug-likeness (QED) is 0.840. The molecule has 0 saturated carbocycles. The van der Waals surface area contributed by atoms with Gasteiger partial charge in [0.15, 0.2) is 9.84 Å². The van der Waals surface area contributed by atoms with Crippen molar-refractivity contribution in [1.29, 1.82) is 0 Å². The highest BCUT2D eigenvalue weighted by atomic mass is 32.2. The van der Waals surface area contributed by atoms with Crippen molar-refractivity contribution in [2.24, 2.45) is 0 Å². The number of aromatic nitrogens is 1. The molecule has 0 aromatic carbocycles. The Labute approximate surface area is 118 Å². The fourth-order valence-electron chi connectivity index (χ4n) is 2.10. The van der Waals surface area contributed by atoms with Gasteiger partial charge in [-0.05, 0) is 25.0 Å². The van der Waals surface area contributed by atoms with Gasteiger partial charge in [-0.1, -0.05) is 6.92 Å². The Morgan fingerprint density at radius 1 is 1.50 bits per heavy atom. The fraction of sp³-hybridized carbons (Fsp3) is 0.538. The lowest BCUT2D eigenvalue weighted by molar-refractivity contribution is 0.0936. The summed E-state index contributed by atoms with van der Waals surface area (Å²) in [5.74, 6) is -0.164. The van der Waals surface area contributed by atoms with Crippen molar-refractivity contribution >= 4 is 21.4 Å². The van der Waals surface area contributed by atoms with Crippen LogP contribution in [0.2, 0.25) is 0 Å². The van der Waals surface area contributed by atoms with Gasteiger partial charge in [-0.3, -0.25) is 9.78 Å². The molecule has 0 aliphatic carbocycles. The van der Waals surface area contributed by atoms with Crippen LogP contribution >= 0.6 is 0 Å². The van der Waals surface area contributed by atoms with E-state index >= 15 is 0 Å². The van der Waals surface area contributed by atoms with Crippen LogP contribution in [-0.2, 0) is 9.84 Å². The summed E-state index contributed by atoms with van der Waals surface area (Å²) in [4.78, 5) is 16.1. The molecule has 7 heteroatoms. The average Bonchev–Trinajstić information content (AvgIpc) is 2.76. The number of carbonyl (C=O) groups is 1. The summed E-state index contributed by atoms with van der Waals surface area (Å²) >= 11 is 0. The molecule has 1 aromatic heterocycles. The molecule has 1 amide bonds. The van der Waals surface area contributed by atoms with Gasteiger partial charge in [0, 0.05) is 24.5 Å². The molecule has 0 radical (unpaired) electrons. The van der Waals surface area contributed by atoms with E-state index in [1.54, 1.807) is 18.3 Å². The van der Waals surface area contributed by atoms with Crippen LogP contribution in [0.25, 0.3) is 0 Å². The van der Waals surface area contributed by atoms with Crippen molar-refractivity contribution in [3.8, 4) is 0 Å². The number of amides is 1. The SMILES string of the molecule is CCCNc1ccnc(C(=O)NC2CCS(=O)(=O)C2)c1. The van der Waals surface area contributed by atoms with Crippen LogP contribution in [0.3, 0.4) is 0 Å². The van der Waals surface area contributed by atoms with Crippen LogP contribution < -0.4 is 10.6 Å². The number of nitrogens with one attached hydrogen (secondary N) is 2. The molecule has 1 aliphatic rings. The van der Waals surface area contributed by atoms with E-state index in [0.717, 1.165) is 18.7 Å². The maximum atomic E-state index is 12.0. The minimum atomic E-state index is -2.99. The van der Waals surface area contributed by atoms with Crippen LogP contribution in [0.15, 0.2) is 18.3 Å². The highest BCUT2D eigenvalue weighted by Crippen LogP contribution is 2.13. The number of anilines is 1. The van der Waals surface area contributed by atoms with E-state index in [4.69, 9.17) is 0 Å². The molecule has 1 aliphatic heterocycles. The Kier molecular flexibility index (Phi) is 4.59. The Morgan fingerprint density at radius 2 is 2.30 bits per heavy atom. The molecule has 110 valence electrons. The zero-order chi connectivity index (χ0) is 14.6. The van der Waals surface area contributed by atoms with E-state index < -0.39 is 9.84 Å². The highest BCUT2D eigenvalue weighted by molar-refractivity contribution is 7.91. The summed E-state index contributed by atoms with van der Waals surface area (Å²) in [5.41, 5.74) is 1.14. The summed E-state index contributed by atoms with van der Waals surface area (Å²) in [6.07, 6.45) is 3.03. The summed E-state index contributed by atoms with van der Waals surface area (Å²) in [6.45, 7) is 2.88. The van der Waals surface area contributed by atoms with Crippen LogP contribution in [0, 0.1) is 0 Å². The Hall–Kier alpha value is -1.63. The minimum Gasteiger partial charge on any atom is -0.385 e. The topological polar surface area (TPSA) is 88.2 Å². The van der Waals surface area contributed by atoms with Gasteiger partial charge in [0.1, 0.15) is 5.69 Å². The smallest absolute Gasteiger partial charge is 0.270 e. The molecule has 20 heavy (non-hydrogen) atoms. The predicted molar refractivity (Wildman–Crippen MR) is 77.5 cm³/mol. The molecule has 1 fully saturated rings. The number of rotatable bonds is 5. The monoisotopic (exact) mass is 297 g/mol. The van der Waals surface area contributed by atoms with Crippen LogP contribution in [0.4, 0.5) is 5.69 Å². The van der Waals surface area contributed by atoms with Gasteiger partial charge >= 0.3 is 0 Å². The van der Waals surface area contributed by atoms with E-state index in [9.17, 15) is 13.2 Å². The molecule has 1 saturated heterocycles. The summed E-state index contributed by atoms with van der Waals surface area (Å²) in [6, 6.07) is 3.17. The Balaban J connectivity index is 1.99. The first-order chi connectivity index (χ1) is 9.50. The van der Waals surface area contributed by atoms with E-state index in [0.29, 0.717) is 12.1 Å². The van der Waals surface area contributed by atoms with Crippen molar-refractivity contribution in [1.82, 2.24) is 10.3 Å².